The Morgan fingerprint density at radius 1 is 1.30 bits per heavy atom. The van der Waals surface area contributed by atoms with Gasteiger partial charge in [-0.05, 0) is 26.7 Å². The van der Waals surface area contributed by atoms with Gasteiger partial charge >= 0.3 is 0 Å². The molecule has 0 bridgehead atoms. The third-order valence-electron chi connectivity index (χ3n) is 4.18. The van der Waals surface area contributed by atoms with Gasteiger partial charge in [0.2, 0.25) is 10.0 Å². The molecule has 0 radical (unpaired) electrons. The lowest BCUT2D eigenvalue weighted by Gasteiger charge is -2.36. The van der Waals surface area contributed by atoms with Crippen LogP contribution >= 0.6 is 0 Å². The van der Waals surface area contributed by atoms with Crippen LogP contribution in [0, 0.1) is 13.8 Å². The molecule has 0 amide bonds. The minimum absolute atomic E-state index is 0.162. The van der Waals surface area contributed by atoms with Crippen molar-refractivity contribution < 1.29 is 13.5 Å². The van der Waals surface area contributed by atoms with Crippen molar-refractivity contribution in [1.82, 2.24) is 14.5 Å². The van der Waals surface area contributed by atoms with Gasteiger partial charge in [0.1, 0.15) is 4.90 Å². The second-order valence-corrected chi connectivity index (χ2v) is 7.35. The van der Waals surface area contributed by atoms with Gasteiger partial charge in [-0.2, -0.15) is 5.10 Å². The molecule has 1 aromatic heterocycles. The molecule has 1 aliphatic rings. The molecule has 2 N–H and O–H groups in total. The molecular formula is C13H23N3O3S. The van der Waals surface area contributed by atoms with Crippen LogP contribution in [0.1, 0.15) is 43.5 Å². The second kappa shape index (κ2) is 5.46. The molecule has 1 aliphatic carbocycles. The van der Waals surface area contributed by atoms with Crippen LogP contribution in [0.25, 0.3) is 0 Å². The first-order valence-corrected chi connectivity index (χ1v) is 8.45. The molecule has 6 nitrogen and oxygen atoms in total. The number of aryl methyl sites for hydroxylation is 2. The van der Waals surface area contributed by atoms with Gasteiger partial charge in [0.05, 0.1) is 23.5 Å². The Hall–Kier alpha value is -0.920. The third-order valence-corrected chi connectivity index (χ3v) is 6.01. The van der Waals surface area contributed by atoms with Gasteiger partial charge in [-0.15, -0.1) is 0 Å². The first-order valence-electron chi connectivity index (χ1n) is 6.96. The summed E-state index contributed by atoms with van der Waals surface area (Å²) in [6.07, 6.45) is 4.33. The van der Waals surface area contributed by atoms with Crippen molar-refractivity contribution in [3.63, 3.8) is 0 Å². The molecule has 2 rings (SSSR count). The molecule has 7 heteroatoms. The maximum absolute atomic E-state index is 12.6. The number of sulfonamides is 1. The lowest BCUT2D eigenvalue weighted by atomic mass is 9.83. The molecule has 0 aliphatic heterocycles. The monoisotopic (exact) mass is 301 g/mol. The van der Waals surface area contributed by atoms with Gasteiger partial charge in [-0.3, -0.25) is 4.68 Å². The molecule has 1 saturated carbocycles. The third kappa shape index (κ3) is 2.75. The Morgan fingerprint density at radius 3 is 2.35 bits per heavy atom. The molecular weight excluding hydrogens is 278 g/mol. The molecule has 1 aromatic rings. The van der Waals surface area contributed by atoms with Crippen LogP contribution in [0.3, 0.4) is 0 Å². The highest BCUT2D eigenvalue weighted by Gasteiger charge is 2.37. The van der Waals surface area contributed by atoms with Crippen LogP contribution in [0.2, 0.25) is 0 Å². The van der Waals surface area contributed by atoms with E-state index in [-0.39, 0.29) is 11.5 Å². The summed E-state index contributed by atoms with van der Waals surface area (Å²) in [6, 6.07) is 0. The van der Waals surface area contributed by atoms with E-state index in [2.05, 4.69) is 9.82 Å². The summed E-state index contributed by atoms with van der Waals surface area (Å²) < 4.78 is 29.6. The summed E-state index contributed by atoms with van der Waals surface area (Å²) >= 11 is 0. The predicted molar refractivity (Wildman–Crippen MR) is 75.9 cm³/mol. The number of nitrogens with one attached hydrogen (secondary N) is 1. The van der Waals surface area contributed by atoms with Crippen molar-refractivity contribution in [3.05, 3.63) is 11.4 Å². The largest absolute Gasteiger partial charge is 0.394 e. The van der Waals surface area contributed by atoms with Crippen molar-refractivity contribution in [2.24, 2.45) is 7.05 Å². The normalized spacial score (nSPS) is 19.2. The van der Waals surface area contributed by atoms with Crippen LogP contribution in [0.4, 0.5) is 0 Å². The van der Waals surface area contributed by atoms with E-state index in [9.17, 15) is 13.5 Å². The van der Waals surface area contributed by atoms with Crippen LogP contribution in [-0.2, 0) is 17.1 Å². The smallest absolute Gasteiger partial charge is 0.244 e. The fraction of sp³-hybridized carbons (Fsp3) is 0.769. The Labute approximate surface area is 120 Å². The summed E-state index contributed by atoms with van der Waals surface area (Å²) in [6.45, 7) is 3.26. The summed E-state index contributed by atoms with van der Waals surface area (Å²) in [5.41, 5.74) is 0.381. The fourth-order valence-corrected chi connectivity index (χ4v) is 4.89. The lowest BCUT2D eigenvalue weighted by molar-refractivity contribution is 0.142. The zero-order valence-electron chi connectivity index (χ0n) is 12.3. The highest BCUT2D eigenvalue weighted by Crippen LogP contribution is 2.30. The van der Waals surface area contributed by atoms with Crippen molar-refractivity contribution in [2.75, 3.05) is 6.61 Å². The van der Waals surface area contributed by atoms with E-state index in [1.807, 2.05) is 0 Å². The van der Waals surface area contributed by atoms with Crippen molar-refractivity contribution in [1.29, 1.82) is 0 Å². The van der Waals surface area contributed by atoms with E-state index < -0.39 is 15.6 Å². The number of aliphatic hydroxyl groups excluding tert-OH is 1. The van der Waals surface area contributed by atoms with Crippen molar-refractivity contribution in [2.45, 2.75) is 56.4 Å². The fourth-order valence-electron chi connectivity index (χ4n) is 3.00. The first-order chi connectivity index (χ1) is 9.31. The maximum Gasteiger partial charge on any atom is 0.244 e. The Morgan fingerprint density at radius 2 is 1.90 bits per heavy atom. The van der Waals surface area contributed by atoms with Crippen LogP contribution in [-0.4, -0.2) is 35.5 Å². The lowest BCUT2D eigenvalue weighted by Crippen LogP contribution is -2.52. The second-order valence-electron chi connectivity index (χ2n) is 5.73. The summed E-state index contributed by atoms with van der Waals surface area (Å²) in [7, 11) is -1.94. The minimum Gasteiger partial charge on any atom is -0.394 e. The van der Waals surface area contributed by atoms with E-state index >= 15 is 0 Å². The van der Waals surface area contributed by atoms with Gasteiger partial charge in [0.15, 0.2) is 0 Å². The maximum atomic E-state index is 12.6. The highest BCUT2D eigenvalue weighted by molar-refractivity contribution is 7.89. The van der Waals surface area contributed by atoms with E-state index in [0.29, 0.717) is 24.2 Å². The molecule has 0 saturated heterocycles. The van der Waals surface area contributed by atoms with Crippen molar-refractivity contribution in [3.8, 4) is 0 Å². The molecule has 0 spiro atoms. The van der Waals surface area contributed by atoms with E-state index in [1.165, 1.54) is 0 Å². The first kappa shape index (κ1) is 15.5. The number of nitrogens with zero attached hydrogens (tertiary/aromatic N) is 2. The predicted octanol–water partition coefficient (Wildman–Crippen LogP) is 1.01. The number of hydrogen-bond acceptors (Lipinski definition) is 4. The number of rotatable bonds is 4. The zero-order valence-corrected chi connectivity index (χ0v) is 13.1. The number of aromatic nitrogens is 2. The van der Waals surface area contributed by atoms with Crippen molar-refractivity contribution >= 4 is 10.0 Å². The van der Waals surface area contributed by atoms with Gasteiger partial charge in [-0.25, -0.2) is 13.1 Å². The van der Waals surface area contributed by atoms with Gasteiger partial charge < -0.3 is 5.11 Å². The molecule has 1 fully saturated rings. The quantitative estimate of drug-likeness (QED) is 0.869. The summed E-state index contributed by atoms with van der Waals surface area (Å²) in [5.74, 6) is 0. The van der Waals surface area contributed by atoms with Crippen LogP contribution < -0.4 is 4.72 Å². The SMILES string of the molecule is Cc1nn(C)c(C)c1S(=O)(=O)NC1(CO)CCCCC1. The van der Waals surface area contributed by atoms with E-state index in [0.717, 1.165) is 19.3 Å². The van der Waals surface area contributed by atoms with Crippen LogP contribution in [0.15, 0.2) is 4.90 Å². The number of hydrogen-bond donors (Lipinski definition) is 2. The average Bonchev–Trinajstić information content (AvgIpc) is 2.64. The number of aliphatic hydroxyl groups is 1. The molecule has 0 aromatic carbocycles. The Balaban J connectivity index is 2.35. The molecule has 1 heterocycles. The topological polar surface area (TPSA) is 84.2 Å². The standard InChI is InChI=1S/C13H23N3O3S/c1-10-12(11(2)16(3)14-10)20(18,19)15-13(9-17)7-5-4-6-8-13/h15,17H,4-9H2,1-3H3. The molecule has 0 unspecified atom stereocenters. The van der Waals surface area contributed by atoms with Gasteiger partial charge in [0.25, 0.3) is 0 Å². The minimum atomic E-state index is -3.66. The highest BCUT2D eigenvalue weighted by atomic mass is 32.2. The Bertz CT molecular complexity index is 586. The van der Waals surface area contributed by atoms with Gasteiger partial charge in [0, 0.05) is 7.05 Å². The summed E-state index contributed by atoms with van der Waals surface area (Å²) in [5, 5.41) is 13.8. The average molecular weight is 301 g/mol. The van der Waals surface area contributed by atoms with E-state index in [1.54, 1.807) is 25.6 Å². The Kier molecular flexibility index (Phi) is 4.22. The molecule has 20 heavy (non-hydrogen) atoms. The van der Waals surface area contributed by atoms with Gasteiger partial charge in [-0.1, -0.05) is 19.3 Å². The van der Waals surface area contributed by atoms with E-state index in [4.69, 9.17) is 0 Å². The molecule has 114 valence electrons. The molecule has 0 atom stereocenters. The van der Waals surface area contributed by atoms with Crippen LogP contribution in [0.5, 0.6) is 0 Å². The summed E-state index contributed by atoms with van der Waals surface area (Å²) in [4.78, 5) is 0.235. The zero-order chi connectivity index (χ0) is 15.0.